The van der Waals surface area contributed by atoms with Crippen LogP contribution in [-0.4, -0.2) is 49.7 Å². The summed E-state index contributed by atoms with van der Waals surface area (Å²) < 4.78 is 98.1. The highest BCUT2D eigenvalue weighted by atomic mass is 32.2. The Labute approximate surface area is 250 Å². The number of hydrogen-bond acceptors (Lipinski definition) is 6. The van der Waals surface area contributed by atoms with Crippen LogP contribution in [0, 0.1) is 0 Å². The summed E-state index contributed by atoms with van der Waals surface area (Å²) in [5, 5.41) is 12.8. The molecule has 0 spiro atoms. The van der Waals surface area contributed by atoms with Crippen molar-refractivity contribution in [2.75, 3.05) is 6.26 Å². The normalized spacial score (nSPS) is 18.4. The monoisotopic (exact) mass is 643 g/mol. The summed E-state index contributed by atoms with van der Waals surface area (Å²) in [5.41, 5.74) is -7.11. The first kappa shape index (κ1) is 32.9. The number of aromatic nitrogens is 1. The summed E-state index contributed by atoms with van der Waals surface area (Å²) >= 11 is 0. The van der Waals surface area contributed by atoms with Gasteiger partial charge in [0.1, 0.15) is 22.1 Å². The van der Waals surface area contributed by atoms with E-state index in [4.69, 9.17) is 4.74 Å². The molecule has 3 amide bonds. The molecule has 2 atom stereocenters. The molecule has 1 aliphatic rings. The molecule has 44 heavy (non-hydrogen) atoms. The van der Waals surface area contributed by atoms with Gasteiger partial charge in [-0.2, -0.15) is 26.3 Å². The maximum atomic E-state index is 13.4. The highest BCUT2D eigenvalue weighted by Gasteiger charge is 2.71. The number of urea groups is 1. The number of aryl methyl sites for hydroxylation is 1. The standard InChI is InChI=1S/C29H27F6N3O5S/c1-4-6-18-14-19(27(41,28(30,31)32)29(33,34)35)9-11-22(18)43-21-8-5-7-17(13-21)16-38-24(39)26(2,37-25(38)40)20-10-12-23(36-15-20)44(3)42/h5,7-15,41H,4,6,16H2,1-3H3,(H,37,40). The number of nitrogens with zero attached hydrogens (tertiary/aromatic N) is 2. The van der Waals surface area contributed by atoms with Gasteiger partial charge in [0, 0.05) is 23.6 Å². The highest BCUT2D eigenvalue weighted by molar-refractivity contribution is 7.84. The van der Waals surface area contributed by atoms with Crippen LogP contribution in [0.25, 0.3) is 0 Å². The van der Waals surface area contributed by atoms with Crippen LogP contribution in [0.3, 0.4) is 0 Å². The molecule has 1 saturated heterocycles. The highest BCUT2D eigenvalue weighted by Crippen LogP contribution is 2.50. The topological polar surface area (TPSA) is 109 Å². The number of halogens is 6. The Kier molecular flexibility index (Phi) is 8.86. The molecule has 2 heterocycles. The maximum absolute atomic E-state index is 13.4. The van der Waals surface area contributed by atoms with E-state index in [-0.39, 0.29) is 30.0 Å². The van der Waals surface area contributed by atoms with E-state index in [1.807, 2.05) is 0 Å². The molecule has 8 nitrogen and oxygen atoms in total. The fraction of sp³-hybridized carbons (Fsp3) is 0.345. The number of nitrogens with one attached hydrogen (secondary N) is 1. The van der Waals surface area contributed by atoms with E-state index >= 15 is 0 Å². The molecule has 1 fully saturated rings. The molecule has 0 aliphatic carbocycles. The lowest BCUT2D eigenvalue weighted by Gasteiger charge is -2.33. The van der Waals surface area contributed by atoms with Crippen molar-refractivity contribution in [2.45, 2.75) is 61.8 Å². The average Bonchev–Trinajstić information content (AvgIpc) is 3.16. The zero-order valence-electron chi connectivity index (χ0n) is 23.5. The molecule has 2 aromatic carbocycles. The second kappa shape index (κ2) is 11.8. The Morgan fingerprint density at radius 3 is 2.27 bits per heavy atom. The van der Waals surface area contributed by atoms with Crippen molar-refractivity contribution in [1.82, 2.24) is 15.2 Å². The van der Waals surface area contributed by atoms with Gasteiger partial charge in [-0.3, -0.25) is 13.9 Å². The molecule has 3 aromatic rings. The van der Waals surface area contributed by atoms with Crippen LogP contribution in [0.4, 0.5) is 31.1 Å². The van der Waals surface area contributed by atoms with Crippen LogP contribution in [0.5, 0.6) is 11.5 Å². The van der Waals surface area contributed by atoms with Gasteiger partial charge in [-0.05, 0) is 54.8 Å². The number of imide groups is 1. The Balaban J connectivity index is 1.58. The molecule has 0 bridgehead atoms. The molecule has 15 heteroatoms. The molecule has 0 radical (unpaired) electrons. The minimum absolute atomic E-state index is 0.00118. The van der Waals surface area contributed by atoms with Crippen molar-refractivity contribution in [3.63, 3.8) is 0 Å². The predicted molar refractivity (Wildman–Crippen MR) is 146 cm³/mol. The Morgan fingerprint density at radius 1 is 1.02 bits per heavy atom. The van der Waals surface area contributed by atoms with E-state index in [2.05, 4.69) is 10.3 Å². The van der Waals surface area contributed by atoms with E-state index in [1.54, 1.807) is 19.1 Å². The van der Waals surface area contributed by atoms with Crippen LogP contribution >= 0.6 is 0 Å². The first-order valence-corrected chi connectivity index (χ1v) is 14.7. The Bertz CT molecular complexity index is 1580. The maximum Gasteiger partial charge on any atom is 0.430 e. The largest absolute Gasteiger partial charge is 0.457 e. The SMILES string of the molecule is CCCc1cc(C(O)(C(F)(F)F)C(F)(F)F)ccc1Oc1cccc(CN2C(=O)NC(C)(c3ccc(S(C)=O)nc3)C2=O)c1. The molecule has 0 saturated carbocycles. The van der Waals surface area contributed by atoms with Crippen molar-refractivity contribution < 1.29 is 50.0 Å². The lowest BCUT2D eigenvalue weighted by molar-refractivity contribution is -0.376. The molecule has 1 aliphatic heterocycles. The number of amides is 3. The number of pyridine rings is 1. The number of ether oxygens (including phenoxy) is 1. The second-order valence-corrected chi connectivity index (χ2v) is 11.6. The van der Waals surface area contributed by atoms with Crippen LogP contribution in [0.1, 0.15) is 42.5 Å². The molecule has 236 valence electrons. The van der Waals surface area contributed by atoms with Gasteiger partial charge in [-0.25, -0.2) is 9.78 Å². The van der Waals surface area contributed by atoms with Gasteiger partial charge in [-0.1, -0.05) is 37.6 Å². The minimum Gasteiger partial charge on any atom is -0.457 e. The van der Waals surface area contributed by atoms with E-state index in [1.165, 1.54) is 43.6 Å². The van der Waals surface area contributed by atoms with Gasteiger partial charge >= 0.3 is 18.4 Å². The van der Waals surface area contributed by atoms with Gasteiger partial charge in [0.25, 0.3) is 11.5 Å². The molecular formula is C29H27F6N3O5S. The van der Waals surface area contributed by atoms with E-state index in [0.29, 0.717) is 34.7 Å². The number of carbonyl (C=O) groups is 2. The zero-order valence-corrected chi connectivity index (χ0v) is 24.4. The van der Waals surface area contributed by atoms with Crippen molar-refractivity contribution in [2.24, 2.45) is 0 Å². The summed E-state index contributed by atoms with van der Waals surface area (Å²) in [6.07, 6.45) is -8.87. The van der Waals surface area contributed by atoms with Crippen molar-refractivity contribution >= 4 is 22.7 Å². The van der Waals surface area contributed by atoms with Gasteiger partial charge in [0.05, 0.1) is 17.3 Å². The number of benzene rings is 2. The third kappa shape index (κ3) is 6.02. The number of carbonyl (C=O) groups excluding carboxylic acids is 2. The predicted octanol–water partition coefficient (Wildman–Crippen LogP) is 5.84. The van der Waals surface area contributed by atoms with Crippen LogP contribution in [0.15, 0.2) is 65.8 Å². The number of aliphatic hydroxyl groups is 1. The van der Waals surface area contributed by atoms with E-state index < -0.39 is 51.8 Å². The first-order valence-electron chi connectivity index (χ1n) is 13.1. The summed E-state index contributed by atoms with van der Waals surface area (Å²) in [5.74, 6) is -0.480. The molecular weight excluding hydrogens is 616 g/mol. The van der Waals surface area contributed by atoms with Crippen molar-refractivity contribution in [3.05, 3.63) is 83.0 Å². The van der Waals surface area contributed by atoms with E-state index in [9.17, 15) is 45.2 Å². The van der Waals surface area contributed by atoms with Gasteiger partial charge in [-0.15, -0.1) is 0 Å². The van der Waals surface area contributed by atoms with Gasteiger partial charge in [0.15, 0.2) is 0 Å². The lowest BCUT2D eigenvalue weighted by Crippen LogP contribution is -2.53. The van der Waals surface area contributed by atoms with Crippen molar-refractivity contribution in [1.29, 1.82) is 0 Å². The summed E-state index contributed by atoms with van der Waals surface area (Å²) in [6, 6.07) is 10.5. The molecule has 4 rings (SSSR count). The number of alkyl halides is 6. The average molecular weight is 644 g/mol. The summed E-state index contributed by atoms with van der Waals surface area (Å²) in [4.78, 5) is 31.2. The van der Waals surface area contributed by atoms with E-state index in [0.717, 1.165) is 11.0 Å². The van der Waals surface area contributed by atoms with Crippen LogP contribution in [-0.2, 0) is 39.7 Å². The van der Waals surface area contributed by atoms with Crippen molar-refractivity contribution in [3.8, 4) is 11.5 Å². The smallest absolute Gasteiger partial charge is 0.430 e. The van der Waals surface area contributed by atoms with Crippen LogP contribution < -0.4 is 10.1 Å². The zero-order chi connectivity index (χ0) is 32.7. The molecule has 2 unspecified atom stereocenters. The number of rotatable bonds is 9. The van der Waals surface area contributed by atoms with Crippen LogP contribution in [0.2, 0.25) is 0 Å². The third-order valence-corrected chi connectivity index (χ3v) is 8.00. The van der Waals surface area contributed by atoms with Gasteiger partial charge in [0.2, 0.25) is 0 Å². The fourth-order valence-electron chi connectivity index (χ4n) is 4.76. The Hall–Kier alpha value is -3.98. The second-order valence-electron chi connectivity index (χ2n) is 10.3. The third-order valence-electron chi connectivity index (χ3n) is 7.17. The fourth-order valence-corrected chi connectivity index (χ4v) is 5.22. The summed E-state index contributed by atoms with van der Waals surface area (Å²) in [7, 11) is -1.34. The minimum atomic E-state index is -6.03. The quantitative estimate of drug-likeness (QED) is 0.224. The number of hydrogen-bond donors (Lipinski definition) is 2. The summed E-state index contributed by atoms with van der Waals surface area (Å²) in [6.45, 7) is 2.98. The Morgan fingerprint density at radius 2 is 1.70 bits per heavy atom. The molecule has 1 aromatic heterocycles. The first-order chi connectivity index (χ1) is 20.4. The van der Waals surface area contributed by atoms with Gasteiger partial charge < -0.3 is 15.2 Å². The molecule has 2 N–H and O–H groups in total. The lowest BCUT2D eigenvalue weighted by atomic mass is 9.90.